The number of aromatic nitrogens is 2. The Labute approximate surface area is 152 Å². The van der Waals surface area contributed by atoms with Crippen LogP contribution in [-0.4, -0.2) is 56.3 Å². The van der Waals surface area contributed by atoms with Crippen LogP contribution in [0.3, 0.4) is 0 Å². The lowest BCUT2D eigenvalue weighted by Crippen LogP contribution is -2.37. The van der Waals surface area contributed by atoms with Crippen molar-refractivity contribution in [1.82, 2.24) is 9.97 Å². The topological polar surface area (TPSA) is 94.4 Å². The Morgan fingerprint density at radius 2 is 2.12 bits per heavy atom. The lowest BCUT2D eigenvalue weighted by atomic mass is 10.1. The molecule has 2 heterocycles. The molecule has 1 fully saturated rings. The number of amides is 1. The van der Waals surface area contributed by atoms with Gasteiger partial charge in [-0.3, -0.25) is 4.79 Å². The fourth-order valence-corrected chi connectivity index (χ4v) is 2.63. The number of hydrogen-bond donors (Lipinski definition) is 1. The summed E-state index contributed by atoms with van der Waals surface area (Å²) in [5, 5.41) is 11.8. The Bertz CT molecular complexity index is 840. The molecule has 3 rings (SSSR count). The second-order valence-corrected chi connectivity index (χ2v) is 6.05. The van der Waals surface area contributed by atoms with Crippen LogP contribution in [0, 0.1) is 11.3 Å². The normalized spacial score (nSPS) is 13.8. The van der Waals surface area contributed by atoms with Crippen LogP contribution < -0.4 is 15.1 Å². The lowest BCUT2D eigenvalue weighted by molar-refractivity contribution is 0.102. The Morgan fingerprint density at radius 3 is 2.81 bits per heavy atom. The minimum atomic E-state index is -0.312. The summed E-state index contributed by atoms with van der Waals surface area (Å²) in [5.41, 5.74) is 1.36. The zero-order valence-corrected chi connectivity index (χ0v) is 14.8. The quantitative estimate of drug-likeness (QED) is 0.891. The summed E-state index contributed by atoms with van der Waals surface area (Å²) in [6.07, 6.45) is 1.61. The molecule has 1 amide bonds. The van der Waals surface area contributed by atoms with E-state index < -0.39 is 0 Å². The zero-order valence-electron chi connectivity index (χ0n) is 14.8. The highest BCUT2D eigenvalue weighted by atomic mass is 16.5. The lowest BCUT2D eigenvalue weighted by Gasteiger charge is -2.28. The molecule has 0 atom stereocenters. The van der Waals surface area contributed by atoms with Crippen LogP contribution in [-0.2, 0) is 4.74 Å². The maximum Gasteiger partial charge on any atom is 0.255 e. The summed E-state index contributed by atoms with van der Waals surface area (Å²) in [5.74, 6) is 0.917. The number of nitrogens with one attached hydrogen (secondary N) is 1. The molecule has 0 saturated carbocycles. The van der Waals surface area contributed by atoms with E-state index in [2.05, 4.69) is 20.2 Å². The standard InChI is InChI=1S/C18H20N6O2/c1-23(2)16-15(12-20-18(22-16)24-6-8-26-9-7-24)21-17(25)14-5-3-4-13(10-14)11-19/h3-5,10,12H,6-9H2,1-2H3,(H,21,25). The predicted octanol–water partition coefficient (Wildman–Crippen LogP) is 1.50. The van der Waals surface area contributed by atoms with E-state index in [1.54, 1.807) is 30.5 Å². The Hall–Kier alpha value is -3.18. The number of carbonyl (C=O) groups excluding carboxylic acids is 1. The number of carbonyl (C=O) groups is 1. The molecule has 0 radical (unpaired) electrons. The number of ether oxygens (including phenoxy) is 1. The van der Waals surface area contributed by atoms with Crippen molar-refractivity contribution in [2.75, 3.05) is 55.5 Å². The molecule has 8 heteroatoms. The fraction of sp³-hybridized carbons (Fsp3) is 0.333. The molecule has 0 spiro atoms. The average Bonchev–Trinajstić information content (AvgIpc) is 2.68. The Morgan fingerprint density at radius 1 is 1.35 bits per heavy atom. The van der Waals surface area contributed by atoms with Gasteiger partial charge in [0.05, 0.1) is 31.0 Å². The van der Waals surface area contributed by atoms with E-state index in [0.29, 0.717) is 41.8 Å². The van der Waals surface area contributed by atoms with Gasteiger partial charge in [-0.1, -0.05) is 6.07 Å². The van der Waals surface area contributed by atoms with E-state index >= 15 is 0 Å². The largest absolute Gasteiger partial charge is 0.378 e. The first-order valence-electron chi connectivity index (χ1n) is 8.27. The van der Waals surface area contributed by atoms with Crippen LogP contribution in [0.25, 0.3) is 0 Å². The van der Waals surface area contributed by atoms with E-state index in [0.717, 1.165) is 13.1 Å². The maximum atomic E-state index is 12.5. The summed E-state index contributed by atoms with van der Waals surface area (Å²) in [4.78, 5) is 25.4. The van der Waals surface area contributed by atoms with Crippen LogP contribution in [0.2, 0.25) is 0 Å². The first-order valence-corrected chi connectivity index (χ1v) is 8.27. The van der Waals surface area contributed by atoms with Gasteiger partial charge < -0.3 is 19.9 Å². The monoisotopic (exact) mass is 352 g/mol. The van der Waals surface area contributed by atoms with Crippen molar-refractivity contribution >= 4 is 23.4 Å². The molecule has 1 aromatic heterocycles. The number of nitriles is 1. The van der Waals surface area contributed by atoms with Crippen LogP contribution in [0.5, 0.6) is 0 Å². The summed E-state index contributed by atoms with van der Waals surface area (Å²) < 4.78 is 5.36. The molecule has 134 valence electrons. The molecule has 1 N–H and O–H groups in total. The first kappa shape index (κ1) is 17.6. The predicted molar refractivity (Wildman–Crippen MR) is 98.5 cm³/mol. The third-order valence-electron chi connectivity index (χ3n) is 3.98. The van der Waals surface area contributed by atoms with Crippen molar-refractivity contribution in [3.05, 3.63) is 41.6 Å². The van der Waals surface area contributed by atoms with E-state index in [1.165, 1.54) is 0 Å². The van der Waals surface area contributed by atoms with Gasteiger partial charge in [0.25, 0.3) is 5.91 Å². The van der Waals surface area contributed by atoms with E-state index in [4.69, 9.17) is 10.00 Å². The van der Waals surface area contributed by atoms with Gasteiger partial charge in [-0.25, -0.2) is 4.98 Å². The molecule has 1 aliphatic rings. The number of benzene rings is 1. The van der Waals surface area contributed by atoms with Crippen molar-refractivity contribution in [3.63, 3.8) is 0 Å². The molecule has 0 unspecified atom stereocenters. The average molecular weight is 352 g/mol. The zero-order chi connectivity index (χ0) is 18.5. The van der Waals surface area contributed by atoms with E-state index in [-0.39, 0.29) is 5.91 Å². The van der Waals surface area contributed by atoms with Crippen molar-refractivity contribution in [2.45, 2.75) is 0 Å². The fourth-order valence-electron chi connectivity index (χ4n) is 2.63. The Balaban J connectivity index is 1.84. The molecule has 8 nitrogen and oxygen atoms in total. The highest BCUT2D eigenvalue weighted by molar-refractivity contribution is 6.05. The Kier molecular flexibility index (Phi) is 5.29. The van der Waals surface area contributed by atoms with Crippen molar-refractivity contribution in [1.29, 1.82) is 5.26 Å². The van der Waals surface area contributed by atoms with E-state index in [9.17, 15) is 4.79 Å². The second-order valence-electron chi connectivity index (χ2n) is 6.05. The van der Waals surface area contributed by atoms with E-state index in [1.807, 2.05) is 25.1 Å². The molecule has 1 aromatic carbocycles. The van der Waals surface area contributed by atoms with Crippen molar-refractivity contribution in [2.24, 2.45) is 0 Å². The van der Waals surface area contributed by atoms with Crippen LogP contribution in [0.1, 0.15) is 15.9 Å². The van der Waals surface area contributed by atoms with Gasteiger partial charge in [0.15, 0.2) is 5.82 Å². The summed E-state index contributed by atoms with van der Waals surface area (Å²) in [6.45, 7) is 2.77. The smallest absolute Gasteiger partial charge is 0.255 e. The molecule has 1 aliphatic heterocycles. The van der Waals surface area contributed by atoms with Gasteiger partial charge in [0.1, 0.15) is 5.69 Å². The van der Waals surface area contributed by atoms with Crippen molar-refractivity contribution in [3.8, 4) is 6.07 Å². The van der Waals surface area contributed by atoms with Crippen LogP contribution >= 0.6 is 0 Å². The minimum Gasteiger partial charge on any atom is -0.378 e. The number of nitrogens with zero attached hydrogens (tertiary/aromatic N) is 5. The van der Waals surface area contributed by atoms with Gasteiger partial charge in [-0.15, -0.1) is 0 Å². The number of morpholine rings is 1. The van der Waals surface area contributed by atoms with Gasteiger partial charge in [-0.05, 0) is 18.2 Å². The number of hydrogen-bond acceptors (Lipinski definition) is 7. The summed E-state index contributed by atoms with van der Waals surface area (Å²) >= 11 is 0. The number of rotatable bonds is 4. The maximum absolute atomic E-state index is 12.5. The third-order valence-corrected chi connectivity index (χ3v) is 3.98. The van der Waals surface area contributed by atoms with Gasteiger partial charge >= 0.3 is 0 Å². The molecule has 0 bridgehead atoms. The van der Waals surface area contributed by atoms with Crippen LogP contribution in [0.4, 0.5) is 17.5 Å². The number of anilines is 3. The summed E-state index contributed by atoms with van der Waals surface area (Å²) in [6, 6.07) is 8.58. The van der Waals surface area contributed by atoms with Crippen LogP contribution in [0.15, 0.2) is 30.5 Å². The third kappa shape index (κ3) is 3.90. The van der Waals surface area contributed by atoms with Gasteiger partial charge in [-0.2, -0.15) is 10.2 Å². The first-order chi connectivity index (χ1) is 12.6. The highest BCUT2D eigenvalue weighted by Gasteiger charge is 2.18. The molecule has 26 heavy (non-hydrogen) atoms. The SMILES string of the molecule is CN(C)c1nc(N2CCOCC2)ncc1NC(=O)c1cccc(C#N)c1. The molecular weight excluding hydrogens is 332 g/mol. The second kappa shape index (κ2) is 7.80. The molecule has 0 aliphatic carbocycles. The molecule has 1 saturated heterocycles. The van der Waals surface area contributed by atoms with Gasteiger partial charge in [0.2, 0.25) is 5.95 Å². The minimum absolute atomic E-state index is 0.312. The van der Waals surface area contributed by atoms with Crippen molar-refractivity contribution < 1.29 is 9.53 Å². The summed E-state index contributed by atoms with van der Waals surface area (Å²) in [7, 11) is 3.72. The van der Waals surface area contributed by atoms with Gasteiger partial charge in [0, 0.05) is 32.7 Å². The highest BCUT2D eigenvalue weighted by Crippen LogP contribution is 2.24. The molecule has 2 aromatic rings. The molecular formula is C18H20N6O2.